The van der Waals surface area contributed by atoms with E-state index in [1.165, 1.54) is 0 Å². The highest BCUT2D eigenvalue weighted by Gasteiger charge is 2.43. The van der Waals surface area contributed by atoms with Gasteiger partial charge in [-0.1, -0.05) is 35.9 Å². The van der Waals surface area contributed by atoms with Crippen molar-refractivity contribution in [2.24, 2.45) is 5.92 Å². The van der Waals surface area contributed by atoms with E-state index < -0.39 is 6.10 Å². The van der Waals surface area contributed by atoms with Crippen LogP contribution in [0.15, 0.2) is 48.5 Å². The first-order chi connectivity index (χ1) is 12.4. The molecule has 2 N–H and O–H groups in total. The van der Waals surface area contributed by atoms with Crippen LogP contribution in [0.4, 0.5) is 0 Å². The van der Waals surface area contributed by atoms with Crippen molar-refractivity contribution in [2.75, 3.05) is 6.54 Å². The maximum Gasteiger partial charge on any atom is 0.223 e. The summed E-state index contributed by atoms with van der Waals surface area (Å²) in [5.41, 5.74) is 1.82. The van der Waals surface area contributed by atoms with Crippen molar-refractivity contribution in [3.05, 3.63) is 64.7 Å². The molecule has 1 saturated carbocycles. The van der Waals surface area contributed by atoms with Crippen molar-refractivity contribution < 1.29 is 14.6 Å². The van der Waals surface area contributed by atoms with Gasteiger partial charge in [-0.3, -0.25) is 4.79 Å². The molecule has 3 unspecified atom stereocenters. The molecule has 5 heteroatoms. The second kappa shape index (κ2) is 8.11. The second-order valence-corrected chi connectivity index (χ2v) is 7.44. The van der Waals surface area contributed by atoms with Gasteiger partial charge >= 0.3 is 0 Å². The SMILES string of the molecule is CC(C)Oc1cccc(C(O)CNC(=O)C2CC2c2cccc(Cl)c2)c1. The molecule has 0 heterocycles. The number of halogens is 1. The molecule has 0 bridgehead atoms. The average Bonchev–Trinajstić information content (AvgIpc) is 3.40. The molecular formula is C21H24ClNO3. The summed E-state index contributed by atoms with van der Waals surface area (Å²) in [7, 11) is 0. The van der Waals surface area contributed by atoms with E-state index in [1.54, 1.807) is 0 Å². The van der Waals surface area contributed by atoms with Gasteiger partial charge in [0.1, 0.15) is 5.75 Å². The van der Waals surface area contributed by atoms with Crippen molar-refractivity contribution >= 4 is 17.5 Å². The Morgan fingerprint density at radius 1 is 1.27 bits per heavy atom. The van der Waals surface area contributed by atoms with Crippen molar-refractivity contribution in [1.29, 1.82) is 0 Å². The number of rotatable bonds is 7. The molecule has 2 aromatic rings. The number of hydrogen-bond acceptors (Lipinski definition) is 3. The van der Waals surface area contributed by atoms with Crippen LogP contribution in [-0.4, -0.2) is 23.7 Å². The molecule has 2 aromatic carbocycles. The average molecular weight is 374 g/mol. The van der Waals surface area contributed by atoms with Crippen LogP contribution in [0.1, 0.15) is 43.4 Å². The third-order valence-electron chi connectivity index (χ3n) is 4.49. The summed E-state index contributed by atoms with van der Waals surface area (Å²) in [4.78, 5) is 12.3. The molecule has 26 heavy (non-hydrogen) atoms. The fourth-order valence-electron chi connectivity index (χ4n) is 3.10. The van der Waals surface area contributed by atoms with Crippen LogP contribution in [-0.2, 0) is 4.79 Å². The molecule has 1 aliphatic rings. The maximum absolute atomic E-state index is 12.3. The van der Waals surface area contributed by atoms with Crippen LogP contribution in [0.3, 0.4) is 0 Å². The number of benzene rings is 2. The third-order valence-corrected chi connectivity index (χ3v) is 4.72. The summed E-state index contributed by atoms with van der Waals surface area (Å²) in [6.07, 6.45) is 0.124. The fraction of sp³-hybridized carbons (Fsp3) is 0.381. The van der Waals surface area contributed by atoms with Crippen LogP contribution in [0.2, 0.25) is 5.02 Å². The minimum atomic E-state index is -0.766. The zero-order valence-corrected chi connectivity index (χ0v) is 15.7. The number of amides is 1. The van der Waals surface area contributed by atoms with E-state index >= 15 is 0 Å². The number of aliphatic hydroxyl groups is 1. The normalized spacial score (nSPS) is 19.9. The standard InChI is InChI=1S/C21H24ClNO3/c1-13(2)26-17-8-4-6-15(10-17)20(24)12-23-21(25)19-11-18(19)14-5-3-7-16(22)9-14/h3-10,13,18-20,24H,11-12H2,1-2H3,(H,23,25). The lowest BCUT2D eigenvalue weighted by Crippen LogP contribution is -2.30. The molecule has 0 spiro atoms. The Kier molecular flexibility index (Phi) is 5.84. The third kappa shape index (κ3) is 4.77. The van der Waals surface area contributed by atoms with E-state index in [0.29, 0.717) is 10.8 Å². The van der Waals surface area contributed by atoms with Crippen LogP contribution < -0.4 is 10.1 Å². The first-order valence-corrected chi connectivity index (χ1v) is 9.29. The number of carbonyl (C=O) groups excluding carboxylic acids is 1. The van der Waals surface area contributed by atoms with Crippen molar-refractivity contribution in [1.82, 2.24) is 5.32 Å². The van der Waals surface area contributed by atoms with Crippen LogP contribution in [0.5, 0.6) is 5.75 Å². The molecule has 4 nitrogen and oxygen atoms in total. The molecule has 0 saturated heterocycles. The molecule has 3 rings (SSSR count). The highest BCUT2D eigenvalue weighted by Crippen LogP contribution is 2.47. The molecule has 1 fully saturated rings. The van der Waals surface area contributed by atoms with Crippen molar-refractivity contribution in [3.63, 3.8) is 0 Å². The summed E-state index contributed by atoms with van der Waals surface area (Å²) >= 11 is 6.01. The van der Waals surface area contributed by atoms with Gasteiger partial charge in [0.15, 0.2) is 0 Å². The van der Waals surface area contributed by atoms with Gasteiger partial charge in [-0.05, 0) is 61.6 Å². The molecular weight excluding hydrogens is 350 g/mol. The minimum absolute atomic E-state index is 0.0244. The first-order valence-electron chi connectivity index (χ1n) is 8.92. The van der Waals surface area contributed by atoms with Gasteiger partial charge < -0.3 is 15.2 Å². The fourth-order valence-corrected chi connectivity index (χ4v) is 3.30. The molecule has 0 aromatic heterocycles. The molecule has 0 radical (unpaired) electrons. The van der Waals surface area contributed by atoms with E-state index in [0.717, 1.165) is 17.5 Å². The van der Waals surface area contributed by atoms with Gasteiger partial charge in [-0.25, -0.2) is 0 Å². The largest absolute Gasteiger partial charge is 0.491 e. The Balaban J connectivity index is 1.52. The van der Waals surface area contributed by atoms with E-state index in [4.69, 9.17) is 16.3 Å². The lowest BCUT2D eigenvalue weighted by molar-refractivity contribution is -0.122. The smallest absolute Gasteiger partial charge is 0.223 e. The van der Waals surface area contributed by atoms with Gasteiger partial charge in [0.05, 0.1) is 12.2 Å². The summed E-state index contributed by atoms with van der Waals surface area (Å²) in [6, 6.07) is 15.0. The Morgan fingerprint density at radius 3 is 2.77 bits per heavy atom. The highest BCUT2D eigenvalue weighted by atomic mass is 35.5. The maximum atomic E-state index is 12.3. The summed E-state index contributed by atoms with van der Waals surface area (Å²) in [5, 5.41) is 13.9. The van der Waals surface area contributed by atoms with Gasteiger partial charge in [0.2, 0.25) is 5.91 Å². The van der Waals surface area contributed by atoms with E-state index in [2.05, 4.69) is 5.32 Å². The molecule has 3 atom stereocenters. The van der Waals surface area contributed by atoms with Gasteiger partial charge in [-0.2, -0.15) is 0 Å². The van der Waals surface area contributed by atoms with E-state index in [-0.39, 0.29) is 30.4 Å². The molecule has 1 aliphatic carbocycles. The van der Waals surface area contributed by atoms with Crippen LogP contribution in [0, 0.1) is 5.92 Å². The number of aliphatic hydroxyl groups excluding tert-OH is 1. The number of hydrogen-bond donors (Lipinski definition) is 2. The molecule has 0 aliphatic heterocycles. The van der Waals surface area contributed by atoms with E-state index in [1.807, 2.05) is 62.4 Å². The first kappa shape index (κ1) is 18.7. The molecule has 138 valence electrons. The van der Waals surface area contributed by atoms with Crippen molar-refractivity contribution in [2.45, 2.75) is 38.4 Å². The number of nitrogens with one attached hydrogen (secondary N) is 1. The summed E-state index contributed by atoms with van der Waals surface area (Å²) < 4.78 is 5.64. The van der Waals surface area contributed by atoms with Crippen LogP contribution >= 0.6 is 11.6 Å². The van der Waals surface area contributed by atoms with Gasteiger partial charge in [0, 0.05) is 17.5 Å². The lowest BCUT2D eigenvalue weighted by atomic mass is 10.1. The minimum Gasteiger partial charge on any atom is -0.491 e. The van der Waals surface area contributed by atoms with Crippen molar-refractivity contribution in [3.8, 4) is 5.75 Å². The predicted molar refractivity (Wildman–Crippen MR) is 102 cm³/mol. The topological polar surface area (TPSA) is 58.6 Å². The Morgan fingerprint density at radius 2 is 2.04 bits per heavy atom. The monoisotopic (exact) mass is 373 g/mol. The lowest BCUT2D eigenvalue weighted by Gasteiger charge is -2.15. The number of ether oxygens (including phenoxy) is 1. The second-order valence-electron chi connectivity index (χ2n) is 7.00. The Hall–Kier alpha value is -2.04. The van der Waals surface area contributed by atoms with E-state index in [9.17, 15) is 9.90 Å². The number of carbonyl (C=O) groups is 1. The van der Waals surface area contributed by atoms with Crippen LogP contribution in [0.25, 0.3) is 0 Å². The molecule has 1 amide bonds. The zero-order chi connectivity index (χ0) is 18.7. The zero-order valence-electron chi connectivity index (χ0n) is 15.0. The summed E-state index contributed by atoms with van der Waals surface area (Å²) in [5.74, 6) is 0.861. The highest BCUT2D eigenvalue weighted by molar-refractivity contribution is 6.30. The Bertz CT molecular complexity index is 777. The Labute approximate surface area is 159 Å². The summed E-state index contributed by atoms with van der Waals surface area (Å²) in [6.45, 7) is 4.09. The predicted octanol–water partition coefficient (Wildman–Crippen LogP) is 4.08. The van der Waals surface area contributed by atoms with Gasteiger partial charge in [-0.15, -0.1) is 0 Å². The quantitative estimate of drug-likeness (QED) is 0.768. The van der Waals surface area contributed by atoms with Gasteiger partial charge in [0.25, 0.3) is 0 Å².